The first-order valence-corrected chi connectivity index (χ1v) is 12.2. The molecule has 1 unspecified atom stereocenters. The monoisotopic (exact) mass is 491 g/mol. The molecule has 0 saturated carbocycles. The number of pyridine rings is 2. The number of nitrogens with one attached hydrogen (secondary N) is 2. The van der Waals surface area contributed by atoms with Gasteiger partial charge in [0.05, 0.1) is 11.1 Å². The molecule has 1 spiro atoms. The van der Waals surface area contributed by atoms with Crippen LogP contribution < -0.4 is 15.5 Å². The van der Waals surface area contributed by atoms with Crippen molar-refractivity contribution < 1.29 is 14.0 Å². The number of nitrogens with zero attached hydrogens (tertiary/aromatic N) is 3. The van der Waals surface area contributed by atoms with Gasteiger partial charge in [0.1, 0.15) is 17.3 Å². The van der Waals surface area contributed by atoms with Gasteiger partial charge in [-0.2, -0.15) is 0 Å². The van der Waals surface area contributed by atoms with Gasteiger partial charge in [-0.3, -0.25) is 14.6 Å². The van der Waals surface area contributed by atoms with Crippen LogP contribution in [0, 0.1) is 5.82 Å². The fourth-order valence-electron chi connectivity index (χ4n) is 5.88. The van der Waals surface area contributed by atoms with E-state index in [2.05, 4.69) is 32.7 Å². The molecule has 4 aromatic rings. The lowest BCUT2D eigenvalue weighted by Crippen LogP contribution is -2.35. The minimum absolute atomic E-state index is 0.00688. The van der Waals surface area contributed by atoms with Crippen molar-refractivity contribution in [2.45, 2.75) is 24.7 Å². The van der Waals surface area contributed by atoms with Crippen LogP contribution in [-0.2, 0) is 29.5 Å². The minimum atomic E-state index is -0.619. The Morgan fingerprint density at radius 1 is 0.973 bits per heavy atom. The maximum absolute atomic E-state index is 14.1. The van der Waals surface area contributed by atoms with Crippen LogP contribution in [0.5, 0.6) is 0 Å². The fraction of sp³-hybridized carbons (Fsp3) is 0.172. The predicted octanol–water partition coefficient (Wildman–Crippen LogP) is 4.55. The quantitative estimate of drug-likeness (QED) is 0.439. The van der Waals surface area contributed by atoms with Crippen molar-refractivity contribution in [3.05, 3.63) is 107 Å². The van der Waals surface area contributed by atoms with E-state index in [4.69, 9.17) is 0 Å². The second-order valence-electron chi connectivity index (χ2n) is 9.77. The third kappa shape index (κ3) is 3.32. The normalized spacial score (nSPS) is 18.9. The van der Waals surface area contributed by atoms with Gasteiger partial charge in [0.25, 0.3) is 5.91 Å². The third-order valence-electron chi connectivity index (χ3n) is 7.66. The zero-order valence-corrected chi connectivity index (χ0v) is 19.8. The lowest BCUT2D eigenvalue weighted by molar-refractivity contribution is -0.120. The van der Waals surface area contributed by atoms with Crippen molar-refractivity contribution in [3.63, 3.8) is 0 Å². The van der Waals surface area contributed by atoms with E-state index in [1.54, 1.807) is 41.6 Å². The van der Waals surface area contributed by atoms with Crippen LogP contribution in [0.15, 0.2) is 73.1 Å². The summed E-state index contributed by atoms with van der Waals surface area (Å²) < 4.78 is 14.1. The molecule has 0 bridgehead atoms. The molecule has 2 amide bonds. The highest BCUT2D eigenvalue weighted by atomic mass is 19.1. The van der Waals surface area contributed by atoms with Crippen molar-refractivity contribution in [1.82, 2.24) is 9.97 Å². The van der Waals surface area contributed by atoms with Gasteiger partial charge in [0, 0.05) is 41.4 Å². The lowest BCUT2D eigenvalue weighted by Gasteiger charge is -2.20. The molecule has 182 valence electrons. The third-order valence-corrected chi connectivity index (χ3v) is 7.66. The second kappa shape index (κ2) is 7.96. The molecule has 0 fully saturated rings. The van der Waals surface area contributed by atoms with Crippen LogP contribution in [0.4, 0.5) is 27.3 Å². The van der Waals surface area contributed by atoms with Gasteiger partial charge in [0.15, 0.2) is 0 Å². The first-order valence-electron chi connectivity index (χ1n) is 12.2. The van der Waals surface area contributed by atoms with E-state index in [1.165, 1.54) is 6.07 Å². The van der Waals surface area contributed by atoms with E-state index in [-0.39, 0.29) is 23.3 Å². The van der Waals surface area contributed by atoms with Crippen molar-refractivity contribution in [1.29, 1.82) is 0 Å². The van der Waals surface area contributed by atoms with Crippen molar-refractivity contribution in [2.75, 3.05) is 22.1 Å². The lowest BCUT2D eigenvalue weighted by atomic mass is 9.79. The predicted molar refractivity (Wildman–Crippen MR) is 138 cm³/mol. The van der Waals surface area contributed by atoms with Gasteiger partial charge in [-0.15, -0.1) is 0 Å². The Labute approximate surface area is 212 Å². The van der Waals surface area contributed by atoms with Crippen LogP contribution in [0.3, 0.4) is 0 Å². The van der Waals surface area contributed by atoms with E-state index < -0.39 is 5.41 Å². The zero-order valence-electron chi connectivity index (χ0n) is 19.8. The Hall–Kier alpha value is -4.59. The molecule has 7 rings (SSSR count). The van der Waals surface area contributed by atoms with Crippen molar-refractivity contribution >= 4 is 34.7 Å². The largest absolute Gasteiger partial charge is 0.355 e. The molecule has 2 N–H and O–H groups in total. The molecule has 1 atom stereocenters. The summed E-state index contributed by atoms with van der Waals surface area (Å²) in [5.74, 6) is 0.0939. The zero-order chi connectivity index (χ0) is 25.1. The number of rotatable bonds is 3. The Morgan fingerprint density at radius 2 is 1.84 bits per heavy atom. The maximum Gasteiger partial charge on any atom is 0.276 e. The number of halogens is 1. The number of carbonyl (C=O) groups is 2. The summed E-state index contributed by atoms with van der Waals surface area (Å²) in [6.07, 6.45) is 5.01. The maximum atomic E-state index is 14.1. The molecule has 7 nitrogen and oxygen atoms in total. The van der Waals surface area contributed by atoms with E-state index in [0.717, 1.165) is 28.1 Å². The van der Waals surface area contributed by atoms with E-state index >= 15 is 0 Å². The minimum Gasteiger partial charge on any atom is -0.355 e. The Balaban J connectivity index is 1.13. The number of hydrogen-bond donors (Lipinski definition) is 2. The SMILES string of the molecule is O=C(c1cc(Nc2ccc3c(c2)CC2(C3)C(=O)Nc3ncccc32)ccn1)N1CCc2c(F)cccc21. The highest BCUT2D eigenvalue weighted by Crippen LogP contribution is 2.47. The standard InChI is InChI=1S/C29H22FN5O2/c30-23-4-1-5-25-21(23)9-12-35(25)27(36)24-14-20(8-11-31-24)33-19-7-6-17-15-29(16-18(17)13-19)22-3-2-10-32-26(22)34-28(29)37/h1-8,10-11,13-14H,9,12,15-16H2,(H,31,33)(H,32,34,37). The van der Waals surface area contributed by atoms with Crippen LogP contribution in [-0.4, -0.2) is 28.3 Å². The van der Waals surface area contributed by atoms with Gasteiger partial charge in [0.2, 0.25) is 5.91 Å². The fourth-order valence-corrected chi connectivity index (χ4v) is 5.88. The number of benzene rings is 2. The summed E-state index contributed by atoms with van der Waals surface area (Å²) in [6.45, 7) is 0.424. The van der Waals surface area contributed by atoms with E-state index in [9.17, 15) is 14.0 Å². The average Bonchev–Trinajstić information content (AvgIpc) is 3.58. The first-order chi connectivity index (χ1) is 18.0. The van der Waals surface area contributed by atoms with Crippen molar-refractivity contribution in [2.24, 2.45) is 0 Å². The summed E-state index contributed by atoms with van der Waals surface area (Å²) in [5.41, 5.74) is 5.62. The summed E-state index contributed by atoms with van der Waals surface area (Å²) in [6, 6.07) is 18.3. The highest BCUT2D eigenvalue weighted by Gasteiger charge is 2.51. The molecular formula is C29H22FN5O2. The van der Waals surface area contributed by atoms with Gasteiger partial charge in [-0.1, -0.05) is 18.2 Å². The van der Waals surface area contributed by atoms with E-state index in [0.29, 0.717) is 42.9 Å². The Morgan fingerprint density at radius 3 is 2.76 bits per heavy atom. The molecule has 2 aromatic heterocycles. The van der Waals surface area contributed by atoms with Crippen molar-refractivity contribution in [3.8, 4) is 0 Å². The van der Waals surface area contributed by atoms with Crippen LogP contribution in [0.2, 0.25) is 0 Å². The molecule has 0 radical (unpaired) electrons. The topological polar surface area (TPSA) is 87.2 Å². The Bertz CT molecular complexity index is 1620. The Kier molecular flexibility index (Phi) is 4.66. The molecule has 4 heterocycles. The van der Waals surface area contributed by atoms with Gasteiger partial charge in [-0.05, 0) is 72.9 Å². The van der Waals surface area contributed by atoms with E-state index in [1.807, 2.05) is 18.2 Å². The summed E-state index contributed by atoms with van der Waals surface area (Å²) >= 11 is 0. The van der Waals surface area contributed by atoms with Gasteiger partial charge < -0.3 is 15.5 Å². The number of aromatic nitrogens is 2. The highest BCUT2D eigenvalue weighted by molar-refractivity contribution is 6.07. The number of carbonyl (C=O) groups excluding carboxylic acids is 2. The van der Waals surface area contributed by atoms with Crippen LogP contribution in [0.1, 0.15) is 32.7 Å². The molecule has 3 aliphatic rings. The number of amides is 2. The summed E-state index contributed by atoms with van der Waals surface area (Å²) in [5, 5.41) is 6.31. The number of hydrogen-bond acceptors (Lipinski definition) is 5. The average molecular weight is 492 g/mol. The van der Waals surface area contributed by atoms with Gasteiger partial charge >= 0.3 is 0 Å². The molecule has 37 heavy (non-hydrogen) atoms. The first kappa shape index (κ1) is 21.7. The molecular weight excluding hydrogens is 469 g/mol. The van der Waals surface area contributed by atoms with Crippen LogP contribution >= 0.6 is 0 Å². The molecule has 8 heteroatoms. The molecule has 2 aliphatic heterocycles. The summed E-state index contributed by atoms with van der Waals surface area (Å²) in [7, 11) is 0. The molecule has 2 aromatic carbocycles. The smallest absolute Gasteiger partial charge is 0.276 e. The van der Waals surface area contributed by atoms with Crippen LogP contribution in [0.25, 0.3) is 0 Å². The number of fused-ring (bicyclic) bond motifs is 4. The molecule has 1 aliphatic carbocycles. The molecule has 0 saturated heterocycles. The number of anilines is 4. The summed E-state index contributed by atoms with van der Waals surface area (Å²) in [4.78, 5) is 36.4. The second-order valence-corrected chi connectivity index (χ2v) is 9.77. The van der Waals surface area contributed by atoms with Gasteiger partial charge in [-0.25, -0.2) is 9.37 Å².